The van der Waals surface area contributed by atoms with Crippen LogP contribution in [0.2, 0.25) is 0 Å². The van der Waals surface area contributed by atoms with Gasteiger partial charge in [-0.1, -0.05) is 63.1 Å². The SMILES string of the molecule is CCCN(CC1CCC2(CCCCCCCC2)S1)C(=O)COc1ccc(C)cc1. The smallest absolute Gasteiger partial charge is 0.260 e. The van der Waals surface area contributed by atoms with Gasteiger partial charge in [0, 0.05) is 23.1 Å². The second-order valence-electron chi connectivity index (χ2n) is 9.02. The van der Waals surface area contributed by atoms with Gasteiger partial charge in [-0.05, 0) is 51.2 Å². The van der Waals surface area contributed by atoms with E-state index in [9.17, 15) is 4.79 Å². The number of ether oxygens (including phenoxy) is 1. The Balaban J connectivity index is 1.52. The molecule has 0 aromatic heterocycles. The molecule has 2 fully saturated rings. The molecule has 4 heteroatoms. The summed E-state index contributed by atoms with van der Waals surface area (Å²) in [6.45, 7) is 6.08. The van der Waals surface area contributed by atoms with E-state index in [2.05, 4.69) is 30.5 Å². The Morgan fingerprint density at radius 3 is 2.38 bits per heavy atom. The minimum atomic E-state index is 0.128. The third-order valence-electron chi connectivity index (χ3n) is 6.51. The Kier molecular flexibility index (Phi) is 8.77. The zero-order chi connectivity index (χ0) is 20.5. The first kappa shape index (κ1) is 22.5. The fourth-order valence-electron chi connectivity index (χ4n) is 4.82. The van der Waals surface area contributed by atoms with Crippen LogP contribution in [-0.2, 0) is 4.79 Å². The van der Waals surface area contributed by atoms with Crippen molar-refractivity contribution in [1.82, 2.24) is 4.90 Å². The number of benzene rings is 1. The van der Waals surface area contributed by atoms with Crippen LogP contribution in [0.15, 0.2) is 24.3 Å². The Hall–Kier alpha value is -1.16. The number of hydrogen-bond acceptors (Lipinski definition) is 3. The maximum absolute atomic E-state index is 12.9. The molecule has 1 unspecified atom stereocenters. The number of hydrogen-bond donors (Lipinski definition) is 0. The predicted octanol–water partition coefficient (Wildman–Crippen LogP) is 6.38. The summed E-state index contributed by atoms with van der Waals surface area (Å²) in [5.74, 6) is 0.906. The lowest BCUT2D eigenvalue weighted by Gasteiger charge is -2.30. The van der Waals surface area contributed by atoms with E-state index in [0.29, 0.717) is 10.00 Å². The van der Waals surface area contributed by atoms with E-state index in [4.69, 9.17) is 4.74 Å². The normalized spacial score (nSPS) is 21.9. The van der Waals surface area contributed by atoms with Crippen molar-refractivity contribution in [3.05, 3.63) is 29.8 Å². The highest BCUT2D eigenvalue weighted by Gasteiger charge is 2.39. The second-order valence-corrected chi connectivity index (χ2v) is 10.8. The van der Waals surface area contributed by atoms with Crippen LogP contribution in [-0.4, -0.2) is 40.5 Å². The first-order valence-corrected chi connectivity index (χ1v) is 12.6. The first-order chi connectivity index (χ1) is 14.1. The lowest BCUT2D eigenvalue weighted by atomic mass is 9.91. The first-order valence-electron chi connectivity index (χ1n) is 11.8. The summed E-state index contributed by atoms with van der Waals surface area (Å²) in [6, 6.07) is 7.94. The Morgan fingerprint density at radius 1 is 1.07 bits per heavy atom. The number of aryl methyl sites for hydroxylation is 1. The summed E-state index contributed by atoms with van der Waals surface area (Å²) in [5, 5.41) is 0.589. The monoisotopic (exact) mass is 417 g/mol. The van der Waals surface area contributed by atoms with Crippen LogP contribution in [0.1, 0.15) is 83.1 Å². The molecule has 1 spiro atoms. The largest absolute Gasteiger partial charge is 0.484 e. The van der Waals surface area contributed by atoms with Crippen molar-refractivity contribution in [3.8, 4) is 5.75 Å². The van der Waals surface area contributed by atoms with Crippen molar-refractivity contribution >= 4 is 17.7 Å². The fraction of sp³-hybridized carbons (Fsp3) is 0.720. The van der Waals surface area contributed by atoms with Crippen LogP contribution in [0, 0.1) is 6.92 Å². The van der Waals surface area contributed by atoms with Gasteiger partial charge in [0.25, 0.3) is 5.91 Å². The van der Waals surface area contributed by atoms with E-state index in [1.165, 1.54) is 69.8 Å². The van der Waals surface area contributed by atoms with Crippen molar-refractivity contribution in [2.75, 3.05) is 19.7 Å². The van der Waals surface area contributed by atoms with Crippen LogP contribution < -0.4 is 4.74 Å². The van der Waals surface area contributed by atoms with Crippen molar-refractivity contribution in [2.45, 2.75) is 94.5 Å². The molecule has 162 valence electrons. The van der Waals surface area contributed by atoms with E-state index < -0.39 is 0 Å². The molecule has 1 saturated carbocycles. The highest BCUT2D eigenvalue weighted by atomic mass is 32.2. The van der Waals surface area contributed by atoms with Crippen LogP contribution >= 0.6 is 11.8 Å². The number of carbonyl (C=O) groups is 1. The van der Waals surface area contributed by atoms with Crippen molar-refractivity contribution in [1.29, 1.82) is 0 Å². The standard InChI is InChI=1S/C25H39NO2S/c1-3-18-26(24(27)20-28-22-12-10-21(2)11-13-22)19-23-14-17-25(29-23)15-8-6-4-5-7-9-16-25/h10-13,23H,3-9,14-20H2,1-2H3. The number of rotatable bonds is 7. The van der Waals surface area contributed by atoms with Gasteiger partial charge in [0.05, 0.1) is 0 Å². The lowest BCUT2D eigenvalue weighted by Crippen LogP contribution is -2.39. The minimum absolute atomic E-state index is 0.128. The van der Waals surface area contributed by atoms with Crippen LogP contribution in [0.5, 0.6) is 5.75 Å². The van der Waals surface area contributed by atoms with Crippen molar-refractivity contribution < 1.29 is 9.53 Å². The molecule has 1 aliphatic carbocycles. The molecule has 3 nitrogen and oxygen atoms in total. The summed E-state index contributed by atoms with van der Waals surface area (Å²) < 4.78 is 6.27. The quantitative estimate of drug-likeness (QED) is 0.515. The van der Waals surface area contributed by atoms with Gasteiger partial charge >= 0.3 is 0 Å². The molecule has 0 N–H and O–H groups in total. The molecule has 1 heterocycles. The fourth-order valence-corrected chi connectivity index (χ4v) is 6.78. The Morgan fingerprint density at radius 2 is 1.72 bits per heavy atom. The summed E-state index contributed by atoms with van der Waals surface area (Å²) in [5.41, 5.74) is 1.20. The van der Waals surface area contributed by atoms with Gasteiger partial charge in [-0.3, -0.25) is 4.79 Å². The van der Waals surface area contributed by atoms with Gasteiger partial charge in [-0.15, -0.1) is 11.8 Å². The van der Waals surface area contributed by atoms with Gasteiger partial charge in [-0.25, -0.2) is 0 Å². The number of thioether (sulfide) groups is 1. The van der Waals surface area contributed by atoms with E-state index in [-0.39, 0.29) is 12.5 Å². The maximum atomic E-state index is 12.9. The molecular formula is C25H39NO2S. The second kappa shape index (κ2) is 11.3. The average molecular weight is 418 g/mol. The van der Waals surface area contributed by atoms with Gasteiger partial charge in [0.1, 0.15) is 5.75 Å². The topological polar surface area (TPSA) is 29.5 Å². The zero-order valence-corrected chi connectivity index (χ0v) is 19.3. The molecule has 2 aliphatic rings. The van der Waals surface area contributed by atoms with Gasteiger partial charge < -0.3 is 9.64 Å². The van der Waals surface area contributed by atoms with Gasteiger partial charge in [0.15, 0.2) is 6.61 Å². The van der Waals surface area contributed by atoms with E-state index >= 15 is 0 Å². The summed E-state index contributed by atoms with van der Waals surface area (Å²) in [4.78, 5) is 14.9. The highest BCUT2D eigenvalue weighted by Crippen LogP contribution is 2.50. The Labute approximate surface area is 182 Å². The number of nitrogens with zero attached hydrogens (tertiary/aromatic N) is 1. The molecule has 29 heavy (non-hydrogen) atoms. The minimum Gasteiger partial charge on any atom is -0.484 e. The maximum Gasteiger partial charge on any atom is 0.260 e. The molecule has 0 radical (unpaired) electrons. The predicted molar refractivity (Wildman–Crippen MR) is 124 cm³/mol. The van der Waals surface area contributed by atoms with E-state index in [1.807, 2.05) is 24.3 Å². The van der Waals surface area contributed by atoms with Crippen molar-refractivity contribution in [2.24, 2.45) is 0 Å². The summed E-state index contributed by atoms with van der Waals surface area (Å²) in [6.07, 6.45) is 14.8. The summed E-state index contributed by atoms with van der Waals surface area (Å²) >= 11 is 2.22. The molecule has 1 atom stereocenters. The molecule has 3 rings (SSSR count). The molecule has 1 aliphatic heterocycles. The molecule has 1 saturated heterocycles. The third kappa shape index (κ3) is 6.94. The van der Waals surface area contributed by atoms with E-state index in [1.54, 1.807) is 0 Å². The highest BCUT2D eigenvalue weighted by molar-refractivity contribution is 8.01. The zero-order valence-electron chi connectivity index (χ0n) is 18.5. The Bertz CT molecular complexity index is 620. The third-order valence-corrected chi connectivity index (χ3v) is 8.34. The molecule has 1 amide bonds. The van der Waals surface area contributed by atoms with E-state index in [0.717, 1.165) is 25.3 Å². The van der Waals surface area contributed by atoms with Gasteiger partial charge in [0.2, 0.25) is 0 Å². The molecule has 0 bridgehead atoms. The van der Waals surface area contributed by atoms with Gasteiger partial charge in [-0.2, -0.15) is 0 Å². The van der Waals surface area contributed by atoms with Crippen LogP contribution in [0.3, 0.4) is 0 Å². The van der Waals surface area contributed by atoms with Crippen LogP contribution in [0.25, 0.3) is 0 Å². The molecule has 1 aromatic carbocycles. The average Bonchev–Trinajstić information content (AvgIpc) is 3.16. The molecular weight excluding hydrogens is 378 g/mol. The summed E-state index contributed by atoms with van der Waals surface area (Å²) in [7, 11) is 0. The molecule has 1 aromatic rings. The lowest BCUT2D eigenvalue weighted by molar-refractivity contribution is -0.133. The van der Waals surface area contributed by atoms with Crippen molar-refractivity contribution in [3.63, 3.8) is 0 Å². The number of amides is 1. The number of carbonyl (C=O) groups excluding carboxylic acids is 1. The van der Waals surface area contributed by atoms with Crippen LogP contribution in [0.4, 0.5) is 0 Å².